The van der Waals surface area contributed by atoms with Gasteiger partial charge in [-0.25, -0.2) is 0 Å². The summed E-state index contributed by atoms with van der Waals surface area (Å²) in [6.45, 7) is 9.00. The Balaban J connectivity index is 1.86. The van der Waals surface area contributed by atoms with E-state index >= 15 is 0 Å². The molecule has 0 amide bonds. The summed E-state index contributed by atoms with van der Waals surface area (Å²) in [6, 6.07) is 2.04. The lowest BCUT2D eigenvalue weighted by molar-refractivity contribution is -0.177. The molecule has 0 saturated heterocycles. The van der Waals surface area contributed by atoms with E-state index < -0.39 is 0 Å². The van der Waals surface area contributed by atoms with Crippen LogP contribution in [0.15, 0.2) is 23.0 Å². The van der Waals surface area contributed by atoms with Gasteiger partial charge in [0.05, 0.1) is 24.7 Å². The first kappa shape index (κ1) is 17.0. The minimum atomic E-state index is -0.257. The number of aliphatic hydroxyl groups is 2. The van der Waals surface area contributed by atoms with E-state index in [1.165, 1.54) is 5.56 Å². The van der Waals surface area contributed by atoms with Gasteiger partial charge in [-0.1, -0.05) is 27.7 Å². The predicted octanol–water partition coefficient (Wildman–Crippen LogP) is 4.03. The molecule has 3 heteroatoms. The van der Waals surface area contributed by atoms with Crippen LogP contribution in [-0.2, 0) is 6.42 Å². The van der Waals surface area contributed by atoms with Gasteiger partial charge in [-0.3, -0.25) is 0 Å². The van der Waals surface area contributed by atoms with Crippen LogP contribution in [-0.4, -0.2) is 22.4 Å². The molecule has 1 aromatic heterocycles. The lowest BCUT2D eigenvalue weighted by Crippen LogP contribution is -2.59. The molecule has 3 nitrogen and oxygen atoms in total. The van der Waals surface area contributed by atoms with Crippen LogP contribution in [0.25, 0.3) is 0 Å². The van der Waals surface area contributed by atoms with E-state index in [0.717, 1.165) is 32.1 Å². The van der Waals surface area contributed by atoms with Crippen molar-refractivity contribution in [2.75, 3.05) is 0 Å². The van der Waals surface area contributed by atoms with E-state index in [1.807, 2.05) is 12.3 Å². The number of hydrogen-bond acceptors (Lipinski definition) is 3. The minimum Gasteiger partial charge on any atom is -0.472 e. The Hall–Kier alpha value is -0.800. The molecule has 2 fully saturated rings. The van der Waals surface area contributed by atoms with Crippen LogP contribution < -0.4 is 0 Å². The third-order valence-electron chi connectivity index (χ3n) is 7.40. The SMILES string of the molecule is C[C@H]1[C@@H](O)C[C@@H]2C(C)(C)[C@H](O)CC[C@@]2(C)[C@H]1CCc1ccoc1. The van der Waals surface area contributed by atoms with Crippen LogP contribution in [0.5, 0.6) is 0 Å². The zero-order valence-electron chi connectivity index (χ0n) is 15.0. The average molecular weight is 320 g/mol. The summed E-state index contributed by atoms with van der Waals surface area (Å²) in [4.78, 5) is 0. The van der Waals surface area contributed by atoms with Crippen LogP contribution in [0.4, 0.5) is 0 Å². The minimum absolute atomic E-state index is 0.123. The van der Waals surface area contributed by atoms with E-state index in [-0.39, 0.29) is 23.0 Å². The van der Waals surface area contributed by atoms with Gasteiger partial charge in [-0.15, -0.1) is 0 Å². The molecular formula is C20H32O3. The van der Waals surface area contributed by atoms with Gasteiger partial charge < -0.3 is 14.6 Å². The first-order valence-electron chi connectivity index (χ1n) is 9.14. The highest BCUT2D eigenvalue weighted by molar-refractivity contribution is 5.10. The van der Waals surface area contributed by atoms with Gasteiger partial charge in [0.25, 0.3) is 0 Å². The number of furan rings is 1. The average Bonchev–Trinajstić information content (AvgIpc) is 3.00. The second-order valence-electron chi connectivity index (χ2n) is 8.87. The van der Waals surface area contributed by atoms with Crippen LogP contribution in [0.2, 0.25) is 0 Å². The van der Waals surface area contributed by atoms with E-state index in [4.69, 9.17) is 4.42 Å². The molecule has 6 atom stereocenters. The molecule has 2 N–H and O–H groups in total. The lowest BCUT2D eigenvalue weighted by atomic mass is 9.45. The van der Waals surface area contributed by atoms with Crippen molar-refractivity contribution >= 4 is 0 Å². The quantitative estimate of drug-likeness (QED) is 0.884. The Kier molecular flexibility index (Phi) is 4.39. The standard InChI is InChI=1S/C20H32O3/c1-13-15(6-5-14-8-10-23-12-14)20(4)9-7-18(22)19(2,3)17(20)11-16(13)21/h8,10,12-13,15-18,21-22H,5-7,9,11H2,1-4H3/t13-,15+,16+,17-,18-,20+/m1/s1. The molecule has 23 heavy (non-hydrogen) atoms. The Morgan fingerprint density at radius 2 is 2.00 bits per heavy atom. The molecular weight excluding hydrogens is 288 g/mol. The third-order valence-corrected chi connectivity index (χ3v) is 7.40. The Morgan fingerprint density at radius 3 is 2.65 bits per heavy atom. The van der Waals surface area contributed by atoms with E-state index in [9.17, 15) is 10.2 Å². The second kappa shape index (κ2) is 5.93. The van der Waals surface area contributed by atoms with Crippen molar-refractivity contribution in [3.05, 3.63) is 24.2 Å². The number of aryl methyl sites for hydroxylation is 1. The molecule has 3 rings (SSSR count). The molecule has 1 aromatic rings. The van der Waals surface area contributed by atoms with Crippen LogP contribution >= 0.6 is 0 Å². The highest BCUT2D eigenvalue weighted by atomic mass is 16.3. The monoisotopic (exact) mass is 320 g/mol. The fourth-order valence-corrected chi connectivity index (χ4v) is 5.77. The normalized spacial score (nSPS) is 43.1. The van der Waals surface area contributed by atoms with Crippen molar-refractivity contribution in [1.29, 1.82) is 0 Å². The van der Waals surface area contributed by atoms with Gasteiger partial charge >= 0.3 is 0 Å². The van der Waals surface area contributed by atoms with Gasteiger partial charge in [-0.05, 0) is 72.3 Å². The van der Waals surface area contributed by atoms with E-state index in [2.05, 4.69) is 27.7 Å². The topological polar surface area (TPSA) is 53.6 Å². The molecule has 0 unspecified atom stereocenters. The summed E-state index contributed by atoms with van der Waals surface area (Å²) in [5.41, 5.74) is 1.32. The molecule has 2 saturated carbocycles. The Morgan fingerprint density at radius 1 is 1.26 bits per heavy atom. The molecule has 130 valence electrons. The summed E-state index contributed by atoms with van der Waals surface area (Å²) in [5, 5.41) is 21.2. The lowest BCUT2D eigenvalue weighted by Gasteiger charge is -2.61. The van der Waals surface area contributed by atoms with E-state index in [0.29, 0.717) is 17.8 Å². The highest BCUT2D eigenvalue weighted by Crippen LogP contribution is 2.61. The van der Waals surface area contributed by atoms with Crippen molar-refractivity contribution < 1.29 is 14.6 Å². The van der Waals surface area contributed by atoms with Crippen molar-refractivity contribution in [3.63, 3.8) is 0 Å². The molecule has 0 aliphatic heterocycles. The zero-order chi connectivity index (χ0) is 16.8. The van der Waals surface area contributed by atoms with Gasteiger partial charge in [-0.2, -0.15) is 0 Å². The van der Waals surface area contributed by atoms with Crippen molar-refractivity contribution in [3.8, 4) is 0 Å². The second-order valence-corrected chi connectivity index (χ2v) is 8.87. The number of hydrogen-bond donors (Lipinski definition) is 2. The fraction of sp³-hybridized carbons (Fsp3) is 0.800. The third kappa shape index (κ3) is 2.76. The van der Waals surface area contributed by atoms with Crippen LogP contribution in [0, 0.1) is 28.6 Å². The molecule has 0 spiro atoms. The molecule has 1 heterocycles. The van der Waals surface area contributed by atoms with Gasteiger partial charge in [0.15, 0.2) is 0 Å². The maximum atomic E-state index is 10.7. The smallest absolute Gasteiger partial charge is 0.0934 e. The first-order valence-corrected chi connectivity index (χ1v) is 9.14. The Labute approximate surface area is 140 Å². The molecule has 0 aromatic carbocycles. The maximum Gasteiger partial charge on any atom is 0.0934 e. The highest BCUT2D eigenvalue weighted by Gasteiger charge is 2.58. The first-order chi connectivity index (χ1) is 10.8. The predicted molar refractivity (Wildman–Crippen MR) is 90.9 cm³/mol. The number of rotatable bonds is 3. The summed E-state index contributed by atoms with van der Waals surface area (Å²) in [7, 11) is 0. The fourth-order valence-electron chi connectivity index (χ4n) is 5.77. The Bertz CT molecular complexity index is 521. The number of fused-ring (bicyclic) bond motifs is 1. The maximum absolute atomic E-state index is 10.7. The van der Waals surface area contributed by atoms with Crippen molar-refractivity contribution in [2.24, 2.45) is 28.6 Å². The van der Waals surface area contributed by atoms with Gasteiger partial charge in [0.2, 0.25) is 0 Å². The largest absolute Gasteiger partial charge is 0.472 e. The molecule has 0 bridgehead atoms. The molecule has 2 aliphatic rings. The van der Waals surface area contributed by atoms with Gasteiger partial charge in [0.1, 0.15) is 0 Å². The van der Waals surface area contributed by atoms with Crippen molar-refractivity contribution in [2.45, 2.75) is 72.0 Å². The molecule has 2 aliphatic carbocycles. The summed E-state index contributed by atoms with van der Waals surface area (Å²) in [6.07, 6.45) is 7.91. The molecule has 0 radical (unpaired) electrons. The van der Waals surface area contributed by atoms with Gasteiger partial charge in [0, 0.05) is 0 Å². The number of aliphatic hydroxyl groups excluding tert-OH is 2. The van der Waals surface area contributed by atoms with Crippen LogP contribution in [0.1, 0.15) is 58.9 Å². The van der Waals surface area contributed by atoms with E-state index in [1.54, 1.807) is 6.26 Å². The van der Waals surface area contributed by atoms with Crippen LogP contribution in [0.3, 0.4) is 0 Å². The van der Waals surface area contributed by atoms with Crippen molar-refractivity contribution in [1.82, 2.24) is 0 Å². The summed E-state index contributed by atoms with van der Waals surface area (Å²) in [5.74, 6) is 1.17. The summed E-state index contributed by atoms with van der Waals surface area (Å²) >= 11 is 0. The zero-order valence-corrected chi connectivity index (χ0v) is 15.0. The summed E-state index contributed by atoms with van der Waals surface area (Å²) < 4.78 is 5.20.